The number of phenolic OH excluding ortho intramolecular Hbond substituents is 1. The first kappa shape index (κ1) is 132. The predicted molar refractivity (Wildman–Crippen MR) is 606 cm³/mol. The molecule has 7 aliphatic rings. The van der Waals surface area contributed by atoms with Gasteiger partial charge in [0.1, 0.15) is 24.6 Å². The quantitative estimate of drug-likeness (QED) is 0.0306. The lowest BCUT2D eigenvalue weighted by atomic mass is 9.73. The minimum absolute atomic E-state index is 0.0174. The number of fused-ring (bicyclic) bond motifs is 10. The molecule has 0 spiro atoms. The Morgan fingerprint density at radius 1 is 0.420 bits per heavy atom. The normalized spacial score (nSPS) is 15.6. The van der Waals surface area contributed by atoms with E-state index in [0.717, 1.165) is 123 Å². The zero-order chi connectivity index (χ0) is 108. The molecule has 0 aromatic heterocycles. The second-order valence-corrected chi connectivity index (χ2v) is 36.1. The molecule has 1 atom stereocenters. The number of carboxylic acids is 2. The number of esters is 2. The van der Waals surface area contributed by atoms with Gasteiger partial charge in [0.2, 0.25) is 5.24 Å². The molecule has 11 aromatic rings. The summed E-state index contributed by atoms with van der Waals surface area (Å²) in [6, 6.07) is 80.8. The zero-order valence-corrected chi connectivity index (χ0v) is 96.0. The van der Waals surface area contributed by atoms with Gasteiger partial charge in [0.05, 0.1) is 78.4 Å². The highest BCUT2D eigenvalue weighted by atomic mass is 79.9. The Bertz CT molecular complexity index is 5450. The van der Waals surface area contributed by atoms with Crippen molar-refractivity contribution in [2.45, 2.75) is 254 Å². The number of hydrogen-bond acceptors (Lipinski definition) is 15. The van der Waals surface area contributed by atoms with E-state index >= 15 is 0 Å². The number of aliphatic hydroxyl groups is 3. The molecular formula is C121H161Br4ClO17. The molecule has 0 radical (unpaired) electrons. The zero-order valence-electron chi connectivity index (χ0n) is 88.9. The first-order chi connectivity index (χ1) is 69.1. The summed E-state index contributed by atoms with van der Waals surface area (Å²) in [5, 5.41) is 60.1. The number of carbonyl (C=O) groups excluding carboxylic acids is 3. The van der Waals surface area contributed by atoms with Crippen molar-refractivity contribution >= 4 is 121 Å². The van der Waals surface area contributed by atoms with Crippen LogP contribution in [0.5, 0.6) is 5.75 Å². The van der Waals surface area contributed by atoms with Crippen molar-refractivity contribution < 1.29 is 83.0 Å². The van der Waals surface area contributed by atoms with E-state index < -0.39 is 34.9 Å². The molecule has 0 amide bonds. The molecule has 1 unspecified atom stereocenters. The van der Waals surface area contributed by atoms with Crippen LogP contribution in [-0.4, -0.2) is 125 Å². The lowest BCUT2D eigenvalue weighted by Gasteiger charge is -2.50. The molecule has 18 rings (SSSR count). The summed E-state index contributed by atoms with van der Waals surface area (Å²) in [4.78, 5) is 55.9. The molecule has 11 aromatic carbocycles. The second-order valence-electron chi connectivity index (χ2n) is 32.3. The summed E-state index contributed by atoms with van der Waals surface area (Å²) in [7, 11) is 0. The van der Waals surface area contributed by atoms with E-state index in [0.29, 0.717) is 64.7 Å². The second kappa shape index (κ2) is 72.9. The molecule has 0 saturated carbocycles. The molecule has 782 valence electrons. The molecule has 4 aliphatic heterocycles. The first-order valence-electron chi connectivity index (χ1n) is 50.8. The maximum Gasteiger partial charge on any atom is 0.310 e. The van der Waals surface area contributed by atoms with Crippen LogP contribution in [0.2, 0.25) is 0 Å². The summed E-state index contributed by atoms with van der Waals surface area (Å²) in [5.41, 5.74) is 16.0. The number of allylic oxidation sites excluding steroid dienone is 1. The SMILES string of the molecule is CC.CC.CC.CC.CC.CC.CC.CC.CC.CC.CC(CO)(CO)COC(=O)Cc1ccccc1C1(O)CCCc2ccccc21.CC1(COC(=O)Cc2ccccc2Br)COC1.CC12COC(Cc3ccccc3Br)(OC1)OC2.O=C(Cl)Cc1ccccc1Br.O=C(O)Cc1ccccc1Br.O=C(O)Cc1ccccc1C1=CCCc2ccccc21.Oc1cc2ccccc2c2c1CCc1ccccc1-2. The third-order valence-electron chi connectivity index (χ3n) is 22.0. The number of aliphatic carboxylic acids is 2. The van der Waals surface area contributed by atoms with E-state index in [4.69, 9.17) is 50.2 Å². The van der Waals surface area contributed by atoms with Crippen LogP contribution in [0, 0.1) is 16.2 Å². The van der Waals surface area contributed by atoms with Gasteiger partial charge in [0, 0.05) is 46.1 Å². The Labute approximate surface area is 894 Å². The van der Waals surface area contributed by atoms with Gasteiger partial charge < -0.3 is 59.1 Å². The number of hydrogen-bond donors (Lipinski definition) is 6. The van der Waals surface area contributed by atoms with Crippen molar-refractivity contribution in [1.29, 1.82) is 0 Å². The summed E-state index contributed by atoms with van der Waals surface area (Å²) in [5.74, 6) is -2.68. The number of halogens is 5. The van der Waals surface area contributed by atoms with Crippen LogP contribution in [-0.2, 0) is 122 Å². The third-order valence-corrected chi connectivity index (χ3v) is 25.3. The minimum Gasteiger partial charge on any atom is -0.508 e. The van der Waals surface area contributed by atoms with Crippen molar-refractivity contribution in [1.82, 2.24) is 0 Å². The number of aromatic hydroxyl groups is 1. The predicted octanol–water partition coefficient (Wildman–Crippen LogP) is 30.7. The number of ether oxygens (including phenoxy) is 6. The first-order valence-corrected chi connectivity index (χ1v) is 54.3. The highest BCUT2D eigenvalue weighted by Crippen LogP contribution is 2.46. The van der Waals surface area contributed by atoms with Gasteiger partial charge in [-0.3, -0.25) is 24.0 Å². The lowest BCUT2D eigenvalue weighted by Crippen LogP contribution is -2.59. The number of benzene rings is 11. The number of aliphatic hydroxyl groups excluding tert-OH is 2. The molecular weight excluding hydrogens is 2080 g/mol. The van der Waals surface area contributed by atoms with Crippen molar-refractivity contribution in [2.24, 2.45) is 16.2 Å². The smallest absolute Gasteiger partial charge is 0.310 e. The molecule has 6 N–H and O–H groups in total. The number of phenols is 1. The Hall–Kier alpha value is -9.30. The van der Waals surface area contributed by atoms with Crippen molar-refractivity contribution in [3.63, 3.8) is 0 Å². The maximum atomic E-state index is 12.4. The number of carboxylic acid groups (broad SMARTS) is 2. The monoisotopic (exact) mass is 2240 g/mol. The fourth-order valence-corrected chi connectivity index (χ4v) is 17.0. The molecule has 143 heavy (non-hydrogen) atoms. The van der Waals surface area contributed by atoms with Gasteiger partial charge in [-0.2, -0.15) is 0 Å². The van der Waals surface area contributed by atoms with Gasteiger partial charge >= 0.3 is 23.9 Å². The van der Waals surface area contributed by atoms with Crippen LogP contribution in [0.15, 0.2) is 273 Å². The molecule has 4 heterocycles. The van der Waals surface area contributed by atoms with Gasteiger partial charge in [0.25, 0.3) is 5.97 Å². The Balaban J connectivity index is 0.000000821. The lowest BCUT2D eigenvalue weighted by molar-refractivity contribution is -0.464. The molecule has 4 saturated heterocycles. The van der Waals surface area contributed by atoms with Gasteiger partial charge in [-0.15, -0.1) is 0 Å². The highest BCUT2D eigenvalue weighted by Gasteiger charge is 2.51. The highest BCUT2D eigenvalue weighted by molar-refractivity contribution is 9.11. The van der Waals surface area contributed by atoms with Crippen LogP contribution in [0.3, 0.4) is 0 Å². The number of rotatable bonds is 20. The third kappa shape index (κ3) is 42.6. The van der Waals surface area contributed by atoms with E-state index in [9.17, 15) is 44.4 Å². The van der Waals surface area contributed by atoms with Crippen LogP contribution < -0.4 is 0 Å². The average molecular weight is 2240 g/mol. The van der Waals surface area contributed by atoms with Crippen LogP contribution in [0.1, 0.15) is 256 Å². The van der Waals surface area contributed by atoms with E-state index in [1.165, 1.54) is 38.8 Å². The van der Waals surface area contributed by atoms with Crippen molar-refractivity contribution in [2.75, 3.05) is 59.5 Å². The molecule has 2 bridgehead atoms. The van der Waals surface area contributed by atoms with E-state index in [2.05, 4.69) is 150 Å². The Morgan fingerprint density at radius 2 is 0.811 bits per heavy atom. The van der Waals surface area contributed by atoms with Crippen molar-refractivity contribution in [3.05, 3.63) is 351 Å². The van der Waals surface area contributed by atoms with E-state index in [-0.39, 0.29) is 67.5 Å². The van der Waals surface area contributed by atoms with Gasteiger partial charge in [-0.25, -0.2) is 0 Å². The largest absolute Gasteiger partial charge is 0.508 e. The Kier molecular flexibility index (Phi) is 67.1. The fraction of sp³-hybridized carbons (Fsp3) is 0.413. The van der Waals surface area contributed by atoms with E-state index in [1.807, 2.05) is 314 Å². The average Bonchev–Trinajstić information content (AvgIpc) is 0.753. The summed E-state index contributed by atoms with van der Waals surface area (Å²) < 4.78 is 36.7. The maximum absolute atomic E-state index is 12.4. The molecule has 4 fully saturated rings. The van der Waals surface area contributed by atoms with Gasteiger partial charge in [0.15, 0.2) is 0 Å². The van der Waals surface area contributed by atoms with Gasteiger partial charge in [-0.1, -0.05) is 447 Å². The molecule has 17 nitrogen and oxygen atoms in total. The van der Waals surface area contributed by atoms with Crippen LogP contribution in [0.25, 0.3) is 27.5 Å². The fourth-order valence-electron chi connectivity index (χ4n) is 15.2. The van der Waals surface area contributed by atoms with Crippen LogP contribution in [0.4, 0.5) is 0 Å². The molecule has 22 heteroatoms. The topological polar surface area (TPSA) is 262 Å². The van der Waals surface area contributed by atoms with E-state index in [1.54, 1.807) is 13.0 Å². The number of aryl methyl sites for hydroxylation is 3. The Morgan fingerprint density at radius 3 is 1.29 bits per heavy atom. The summed E-state index contributed by atoms with van der Waals surface area (Å²) >= 11 is 18.7. The summed E-state index contributed by atoms with van der Waals surface area (Å²) in [6.07, 6.45) is 9.98. The van der Waals surface area contributed by atoms with Crippen LogP contribution >= 0.6 is 75.3 Å². The number of carbonyl (C=O) groups is 5. The summed E-state index contributed by atoms with van der Waals surface area (Å²) in [6.45, 7) is 49.1. The standard InChI is InChI=1S/C23H28O5.C18H16O2.C18H14O.2C13H15BrO3.C8H6BrClO.C8H7BrO2.10C2H6/c1-22(14-24,15-25)16-28-21(26)13-18-8-3-5-11-20(18)23(27)12-6-9-17-7-2-4-10-19(17)23;19-18(20)12-14-7-2-4-10-16(14)17-11-5-8-13-6-1-3-9-15(13)17;19-17-11-13-6-2-4-8-15(13)18-14-7-3-1-5-12(14)9-10-16(17)18;1-12-7-15-13(16-8-12,17-9-12)6-10-4-2-3-5-11(10)14;1-13(7-16-8-13)9-17-12(15)6-10-4-2-3-5-11(10)14;2*9-7-4-2-1-3-6(7)5-8(10)11;10*1-2/h2-5,7-8,10-11,24-25,27H,6,9,12-16H2,1H3;1-4,6-7,9-11H,5,8,12H2,(H,19,20);1-8,11,19H,9-10H2;2*2-5H,6-9H2,1H3;1-4H,5H2;1-4H,5H2,(H,10,11);10*1-2H3. The van der Waals surface area contributed by atoms with Gasteiger partial charge in [-0.05, 0) is 187 Å². The molecule has 3 aliphatic carbocycles. The van der Waals surface area contributed by atoms with Crippen molar-refractivity contribution in [3.8, 4) is 16.9 Å². The minimum atomic E-state index is -1.13.